The highest BCUT2D eigenvalue weighted by Gasteiger charge is 2.49. The molecule has 4 aromatic rings. The Labute approximate surface area is 296 Å². The highest BCUT2D eigenvalue weighted by atomic mass is 32.1. The fourth-order valence-corrected chi connectivity index (χ4v) is 8.91. The lowest BCUT2D eigenvalue weighted by Crippen LogP contribution is -2.43. The summed E-state index contributed by atoms with van der Waals surface area (Å²) < 4.78 is 117. The van der Waals surface area contributed by atoms with Crippen LogP contribution in [0.4, 0.5) is 46.3 Å². The quantitative estimate of drug-likeness (QED) is 0.193. The zero-order chi connectivity index (χ0) is 37.1. The first-order valence-electron chi connectivity index (χ1n) is 16.5. The molecule has 10 nitrogen and oxygen atoms in total. The molecule has 2 aromatic carbocycles. The second-order valence-electron chi connectivity index (χ2n) is 13.2. The third kappa shape index (κ3) is 5.96. The molecule has 18 heteroatoms. The molecule has 1 amide bonds. The number of nitriles is 1. The number of ether oxygens (including phenoxy) is 2. The van der Waals surface area contributed by atoms with Crippen molar-refractivity contribution in [1.29, 1.82) is 5.26 Å². The molecule has 3 fully saturated rings. The van der Waals surface area contributed by atoms with Crippen LogP contribution in [0, 0.1) is 23.0 Å². The summed E-state index contributed by atoms with van der Waals surface area (Å²) in [4.78, 5) is 25.7. The molecule has 0 saturated carbocycles. The van der Waals surface area contributed by atoms with Crippen molar-refractivity contribution in [2.45, 2.75) is 49.6 Å². The Morgan fingerprint density at radius 2 is 2.02 bits per heavy atom. The van der Waals surface area contributed by atoms with Gasteiger partial charge in [-0.25, -0.2) is 22.4 Å². The van der Waals surface area contributed by atoms with Gasteiger partial charge in [0, 0.05) is 55.0 Å². The van der Waals surface area contributed by atoms with Crippen LogP contribution < -0.4 is 15.4 Å². The van der Waals surface area contributed by atoms with Crippen molar-refractivity contribution < 1.29 is 45.0 Å². The average Bonchev–Trinajstić information content (AvgIpc) is 3.88. The van der Waals surface area contributed by atoms with Crippen LogP contribution >= 0.6 is 11.3 Å². The topological polar surface area (TPSA) is 121 Å². The van der Waals surface area contributed by atoms with Crippen LogP contribution in [0.1, 0.15) is 36.8 Å². The van der Waals surface area contributed by atoms with Crippen LogP contribution in [0.15, 0.2) is 18.2 Å². The van der Waals surface area contributed by atoms with E-state index >= 15 is 17.6 Å². The summed E-state index contributed by atoms with van der Waals surface area (Å²) >= 11 is 0.641. The molecule has 3 saturated heterocycles. The third-order valence-corrected chi connectivity index (χ3v) is 11.3. The summed E-state index contributed by atoms with van der Waals surface area (Å²) in [6.45, 7) is -0.447. The molecule has 0 radical (unpaired) electrons. The van der Waals surface area contributed by atoms with E-state index in [0.29, 0.717) is 30.4 Å². The number of nitrogens with zero attached hydrogens (tertiary/aromatic N) is 6. The van der Waals surface area contributed by atoms with E-state index in [-0.39, 0.29) is 65.6 Å². The maximum atomic E-state index is 17.2. The van der Waals surface area contributed by atoms with Crippen molar-refractivity contribution in [1.82, 2.24) is 19.8 Å². The van der Waals surface area contributed by atoms with Crippen molar-refractivity contribution in [3.8, 4) is 23.2 Å². The number of alkyl halides is 5. The van der Waals surface area contributed by atoms with E-state index in [4.69, 9.17) is 15.2 Å². The number of nitrogens with two attached hydrogens (primary N) is 1. The number of benzene rings is 2. The number of methoxy groups -OCH3 is 1. The Morgan fingerprint density at radius 3 is 2.73 bits per heavy atom. The van der Waals surface area contributed by atoms with E-state index in [2.05, 4.69) is 9.97 Å². The van der Waals surface area contributed by atoms with Crippen molar-refractivity contribution in [2.75, 3.05) is 63.7 Å². The summed E-state index contributed by atoms with van der Waals surface area (Å²) in [5.41, 5.74) is 1.37. The summed E-state index contributed by atoms with van der Waals surface area (Å²) in [5.74, 6) is -2.62. The Balaban J connectivity index is 1.46. The molecule has 2 aromatic heterocycles. The fraction of sp³-hybridized carbons (Fsp3) is 0.471. The molecule has 3 unspecified atom stereocenters. The van der Waals surface area contributed by atoms with E-state index in [1.54, 1.807) is 6.07 Å². The first-order chi connectivity index (χ1) is 24.8. The number of halogens is 7. The second-order valence-corrected chi connectivity index (χ2v) is 14.2. The monoisotopic (exact) mass is 751 g/mol. The number of fused-ring (bicyclic) bond motifs is 3. The fourth-order valence-electron chi connectivity index (χ4n) is 7.96. The number of likely N-dealkylation sites (tertiary alicyclic amines) is 1. The summed E-state index contributed by atoms with van der Waals surface area (Å²) in [6.07, 6.45) is -5.15. The lowest BCUT2D eigenvalue weighted by atomic mass is 9.92. The normalized spacial score (nSPS) is 21.9. The molecule has 3 aliphatic heterocycles. The molecule has 3 atom stereocenters. The molecule has 0 spiro atoms. The van der Waals surface area contributed by atoms with Crippen molar-refractivity contribution >= 4 is 49.2 Å². The van der Waals surface area contributed by atoms with E-state index < -0.39 is 88.5 Å². The minimum absolute atomic E-state index is 0.00108. The van der Waals surface area contributed by atoms with Gasteiger partial charge in [0.1, 0.15) is 47.7 Å². The smallest absolute Gasteiger partial charge is 0.417 e. The van der Waals surface area contributed by atoms with Gasteiger partial charge in [-0.3, -0.25) is 4.90 Å². The lowest BCUT2D eigenvalue weighted by molar-refractivity contribution is -0.137. The van der Waals surface area contributed by atoms with Crippen LogP contribution in [0.3, 0.4) is 0 Å². The maximum absolute atomic E-state index is 17.2. The third-order valence-electron chi connectivity index (χ3n) is 10.3. The summed E-state index contributed by atoms with van der Waals surface area (Å²) in [7, 11) is 1.19. The predicted octanol–water partition coefficient (Wildman–Crippen LogP) is 6.83. The Morgan fingerprint density at radius 1 is 1.23 bits per heavy atom. The molecule has 2 N–H and O–H groups in total. The first kappa shape index (κ1) is 35.8. The second kappa shape index (κ2) is 13.4. The molecule has 52 heavy (non-hydrogen) atoms. The standard InChI is InChI=1S/C34H32F7N7O3S/c1-50-32(49)46-9-5-18(15-46)48(10-7-35)30-20-11-22(34(39,40)41)25(19-3-4-23(37)28-24(19)21(13-42)29(43)52-28)26(38)27(20)44-31(45-30)51-16-33-6-2-8-47(33)14-17(36)12-33/h3-4,11,17-18H,2,5-10,12,14-16,43H2,1H3. The van der Waals surface area contributed by atoms with Gasteiger partial charge in [-0.15, -0.1) is 11.3 Å². The summed E-state index contributed by atoms with van der Waals surface area (Å²) in [5, 5.41) is 8.94. The van der Waals surface area contributed by atoms with Crippen LogP contribution in [0.5, 0.6) is 6.01 Å². The Hall–Kier alpha value is -4.63. The van der Waals surface area contributed by atoms with Gasteiger partial charge >= 0.3 is 18.3 Å². The van der Waals surface area contributed by atoms with Gasteiger partial charge in [-0.1, -0.05) is 6.07 Å². The number of anilines is 2. The highest BCUT2D eigenvalue weighted by molar-refractivity contribution is 7.23. The zero-order valence-electron chi connectivity index (χ0n) is 27.7. The molecule has 0 bridgehead atoms. The Kier molecular flexibility index (Phi) is 9.22. The van der Waals surface area contributed by atoms with Gasteiger partial charge in [0.2, 0.25) is 0 Å². The largest absolute Gasteiger partial charge is 0.461 e. The van der Waals surface area contributed by atoms with E-state index in [0.717, 1.165) is 18.6 Å². The number of amides is 1. The number of hydrogen-bond acceptors (Lipinski definition) is 10. The number of rotatable bonds is 8. The molecule has 3 aliphatic rings. The molecule has 7 rings (SSSR count). The molecular weight excluding hydrogens is 719 g/mol. The van der Waals surface area contributed by atoms with E-state index in [1.807, 2.05) is 4.90 Å². The number of aromatic nitrogens is 2. The minimum atomic E-state index is -5.21. The van der Waals surface area contributed by atoms with Gasteiger partial charge in [0.25, 0.3) is 0 Å². The molecule has 276 valence electrons. The molecular formula is C34H32F7N7O3S. The van der Waals surface area contributed by atoms with Crippen LogP contribution in [-0.2, 0) is 10.9 Å². The average molecular weight is 752 g/mol. The number of carbonyl (C=O) groups excluding carboxylic acids is 1. The van der Waals surface area contributed by atoms with E-state index in [1.165, 1.54) is 16.9 Å². The van der Waals surface area contributed by atoms with E-state index in [9.17, 15) is 23.2 Å². The van der Waals surface area contributed by atoms with Crippen LogP contribution in [0.2, 0.25) is 0 Å². The number of carbonyl (C=O) groups is 1. The minimum Gasteiger partial charge on any atom is -0.461 e. The Bertz CT molecular complexity index is 2110. The van der Waals surface area contributed by atoms with Crippen LogP contribution in [0.25, 0.3) is 32.1 Å². The first-order valence-corrected chi connectivity index (χ1v) is 17.3. The number of hydrogen-bond donors (Lipinski definition) is 1. The van der Waals surface area contributed by atoms with Crippen LogP contribution in [-0.4, -0.2) is 96.7 Å². The summed E-state index contributed by atoms with van der Waals surface area (Å²) in [6, 6.07) is 3.12. The lowest BCUT2D eigenvalue weighted by Gasteiger charge is -2.32. The number of nitrogen functional groups attached to an aromatic ring is 1. The van der Waals surface area contributed by atoms with Gasteiger partial charge in [-0.2, -0.15) is 28.4 Å². The van der Waals surface area contributed by atoms with Crippen molar-refractivity contribution in [2.24, 2.45) is 0 Å². The SMILES string of the molecule is COC(=O)N1CCC(N(CCF)c2nc(OCC34CCCN3CC(F)C4)nc3c(F)c(-c4ccc(F)c5sc(N)c(C#N)c45)c(C(F)(F)F)cc23)C1. The molecule has 0 aliphatic carbocycles. The van der Waals surface area contributed by atoms with Crippen molar-refractivity contribution in [3.05, 3.63) is 41.0 Å². The van der Waals surface area contributed by atoms with Gasteiger partial charge < -0.3 is 25.0 Å². The predicted molar refractivity (Wildman–Crippen MR) is 179 cm³/mol. The zero-order valence-corrected chi connectivity index (χ0v) is 28.5. The highest BCUT2D eigenvalue weighted by Crippen LogP contribution is 2.48. The molecule has 5 heterocycles. The number of thiophene rings is 1. The van der Waals surface area contributed by atoms with Gasteiger partial charge in [-0.05, 0) is 43.5 Å². The van der Waals surface area contributed by atoms with Gasteiger partial charge in [0.15, 0.2) is 5.82 Å². The van der Waals surface area contributed by atoms with Crippen molar-refractivity contribution in [3.63, 3.8) is 0 Å². The van der Waals surface area contributed by atoms with Gasteiger partial charge in [0.05, 0.1) is 28.5 Å². The maximum Gasteiger partial charge on any atom is 0.417 e.